The quantitative estimate of drug-likeness (QED) is 0.920. The van der Waals surface area contributed by atoms with Crippen molar-refractivity contribution in [2.24, 2.45) is 0 Å². The SMILES string of the molecule is CCc1nc(NC(=O)c2ccc(Br)s2)sc1C. The van der Waals surface area contributed by atoms with Gasteiger partial charge in [0.1, 0.15) is 0 Å². The van der Waals surface area contributed by atoms with Crippen molar-refractivity contribution in [3.63, 3.8) is 0 Å². The second kappa shape index (κ2) is 5.29. The fraction of sp³-hybridized carbons (Fsp3) is 0.273. The van der Waals surface area contributed by atoms with E-state index in [1.807, 2.05) is 13.0 Å². The van der Waals surface area contributed by atoms with E-state index >= 15 is 0 Å². The molecule has 0 aliphatic heterocycles. The second-order valence-electron chi connectivity index (χ2n) is 3.43. The molecule has 0 bridgehead atoms. The van der Waals surface area contributed by atoms with Gasteiger partial charge < -0.3 is 0 Å². The molecule has 0 saturated carbocycles. The number of nitrogens with zero attached hydrogens (tertiary/aromatic N) is 1. The van der Waals surface area contributed by atoms with Gasteiger partial charge in [0.25, 0.3) is 5.91 Å². The predicted molar refractivity (Wildman–Crippen MR) is 76.2 cm³/mol. The monoisotopic (exact) mass is 330 g/mol. The van der Waals surface area contributed by atoms with Gasteiger partial charge in [0, 0.05) is 4.88 Å². The lowest BCUT2D eigenvalue weighted by Gasteiger charge is -1.97. The van der Waals surface area contributed by atoms with Crippen molar-refractivity contribution in [3.8, 4) is 0 Å². The van der Waals surface area contributed by atoms with Crippen LogP contribution in [-0.4, -0.2) is 10.9 Å². The molecule has 0 unspecified atom stereocenters. The number of rotatable bonds is 3. The molecule has 0 radical (unpaired) electrons. The van der Waals surface area contributed by atoms with Gasteiger partial charge in [-0.1, -0.05) is 6.92 Å². The molecule has 6 heteroatoms. The molecule has 2 rings (SSSR count). The average Bonchev–Trinajstić information content (AvgIpc) is 2.85. The Morgan fingerprint density at radius 3 is 2.76 bits per heavy atom. The van der Waals surface area contributed by atoms with Gasteiger partial charge in [0.05, 0.1) is 14.4 Å². The Bertz CT molecular complexity index is 547. The van der Waals surface area contributed by atoms with Crippen LogP contribution >= 0.6 is 38.6 Å². The summed E-state index contributed by atoms with van der Waals surface area (Å²) in [5.74, 6) is -0.0999. The van der Waals surface area contributed by atoms with Crippen molar-refractivity contribution in [2.75, 3.05) is 5.32 Å². The average molecular weight is 331 g/mol. The highest BCUT2D eigenvalue weighted by atomic mass is 79.9. The first-order valence-corrected chi connectivity index (χ1v) is 7.55. The summed E-state index contributed by atoms with van der Waals surface area (Å²) < 4.78 is 0.951. The fourth-order valence-corrected chi connectivity index (χ4v) is 3.58. The van der Waals surface area contributed by atoms with Crippen LogP contribution in [0.4, 0.5) is 5.13 Å². The molecule has 0 spiro atoms. The Hall–Kier alpha value is -0.720. The molecule has 0 aliphatic carbocycles. The first-order valence-electron chi connectivity index (χ1n) is 5.13. The second-order valence-corrected chi connectivity index (χ2v) is 7.10. The molecule has 0 fully saturated rings. The zero-order valence-electron chi connectivity index (χ0n) is 9.41. The molecule has 2 aromatic rings. The Kier molecular flexibility index (Phi) is 3.96. The summed E-state index contributed by atoms with van der Waals surface area (Å²) in [5, 5.41) is 3.50. The zero-order valence-corrected chi connectivity index (χ0v) is 12.6. The van der Waals surface area contributed by atoms with Gasteiger partial charge in [-0.15, -0.1) is 22.7 Å². The zero-order chi connectivity index (χ0) is 12.4. The van der Waals surface area contributed by atoms with Gasteiger partial charge in [-0.3, -0.25) is 10.1 Å². The predicted octanol–water partition coefficient (Wildman–Crippen LogP) is 4.09. The molecule has 17 heavy (non-hydrogen) atoms. The number of amides is 1. The molecule has 0 aromatic carbocycles. The summed E-state index contributed by atoms with van der Waals surface area (Å²) >= 11 is 6.27. The highest BCUT2D eigenvalue weighted by Crippen LogP contribution is 2.25. The molecule has 3 nitrogen and oxygen atoms in total. The van der Waals surface area contributed by atoms with Crippen LogP contribution in [0.5, 0.6) is 0 Å². The van der Waals surface area contributed by atoms with Crippen molar-refractivity contribution >= 4 is 49.6 Å². The molecule has 0 aliphatic rings. The lowest BCUT2D eigenvalue weighted by molar-refractivity contribution is 0.103. The number of hydrogen-bond acceptors (Lipinski definition) is 4. The van der Waals surface area contributed by atoms with Crippen LogP contribution in [0, 0.1) is 6.92 Å². The molecule has 2 aromatic heterocycles. The summed E-state index contributed by atoms with van der Waals surface area (Å²) in [4.78, 5) is 18.1. The third-order valence-electron chi connectivity index (χ3n) is 2.25. The number of aryl methyl sites for hydroxylation is 2. The van der Waals surface area contributed by atoms with E-state index in [-0.39, 0.29) is 5.91 Å². The molecular formula is C11H11BrN2OS2. The highest BCUT2D eigenvalue weighted by Gasteiger charge is 2.12. The molecular weight excluding hydrogens is 320 g/mol. The standard InChI is InChI=1S/C11H11BrN2OS2/c1-3-7-6(2)16-11(13-7)14-10(15)8-4-5-9(12)17-8/h4-5H,3H2,1-2H3,(H,13,14,15). The third kappa shape index (κ3) is 2.94. The summed E-state index contributed by atoms with van der Waals surface area (Å²) in [7, 11) is 0. The number of carbonyl (C=O) groups is 1. The van der Waals surface area contributed by atoms with Crippen molar-refractivity contribution in [3.05, 3.63) is 31.4 Å². The van der Waals surface area contributed by atoms with Crippen molar-refractivity contribution in [1.29, 1.82) is 0 Å². The van der Waals surface area contributed by atoms with Gasteiger partial charge in [-0.05, 0) is 41.4 Å². The van der Waals surface area contributed by atoms with Crippen LogP contribution in [0.25, 0.3) is 0 Å². The Morgan fingerprint density at radius 1 is 1.47 bits per heavy atom. The topological polar surface area (TPSA) is 42.0 Å². The number of thiophene rings is 1. The largest absolute Gasteiger partial charge is 0.297 e. The lowest BCUT2D eigenvalue weighted by atomic mass is 10.3. The summed E-state index contributed by atoms with van der Waals surface area (Å²) in [6.07, 6.45) is 0.892. The molecule has 90 valence electrons. The van der Waals surface area contributed by atoms with Crippen LogP contribution in [0.2, 0.25) is 0 Å². The van der Waals surface area contributed by atoms with Crippen LogP contribution in [0.3, 0.4) is 0 Å². The van der Waals surface area contributed by atoms with E-state index in [4.69, 9.17) is 0 Å². The Morgan fingerprint density at radius 2 is 2.24 bits per heavy atom. The number of nitrogens with one attached hydrogen (secondary N) is 1. The summed E-state index contributed by atoms with van der Waals surface area (Å²) in [5.41, 5.74) is 1.05. The minimum Gasteiger partial charge on any atom is -0.297 e. The normalized spacial score (nSPS) is 10.5. The van der Waals surface area contributed by atoms with Gasteiger partial charge in [0.15, 0.2) is 5.13 Å². The van der Waals surface area contributed by atoms with Crippen LogP contribution in [-0.2, 0) is 6.42 Å². The number of hydrogen-bond donors (Lipinski definition) is 1. The molecule has 0 saturated heterocycles. The van der Waals surface area contributed by atoms with Crippen LogP contribution in [0.1, 0.15) is 27.2 Å². The third-order valence-corrected chi connectivity index (χ3v) is 4.80. The van der Waals surface area contributed by atoms with Gasteiger partial charge >= 0.3 is 0 Å². The van der Waals surface area contributed by atoms with E-state index in [2.05, 4.69) is 33.2 Å². The Labute approximate surface area is 116 Å². The van der Waals surface area contributed by atoms with Gasteiger partial charge in [-0.25, -0.2) is 4.98 Å². The first-order chi connectivity index (χ1) is 8.10. The van der Waals surface area contributed by atoms with Crippen molar-refractivity contribution in [2.45, 2.75) is 20.3 Å². The maximum absolute atomic E-state index is 11.9. The van der Waals surface area contributed by atoms with E-state index in [0.29, 0.717) is 10.0 Å². The Balaban J connectivity index is 2.12. The number of aromatic nitrogens is 1. The lowest BCUT2D eigenvalue weighted by Crippen LogP contribution is -2.09. The number of carbonyl (C=O) groups excluding carboxylic acids is 1. The minimum atomic E-state index is -0.0999. The van der Waals surface area contributed by atoms with Crippen LogP contribution in [0.15, 0.2) is 15.9 Å². The maximum atomic E-state index is 11.9. The van der Waals surface area contributed by atoms with E-state index in [1.165, 1.54) is 22.7 Å². The van der Waals surface area contributed by atoms with E-state index in [1.54, 1.807) is 6.07 Å². The molecule has 1 N–H and O–H groups in total. The smallest absolute Gasteiger partial charge is 0.267 e. The summed E-state index contributed by atoms with van der Waals surface area (Å²) in [6, 6.07) is 3.66. The van der Waals surface area contributed by atoms with Crippen LogP contribution < -0.4 is 5.32 Å². The van der Waals surface area contributed by atoms with E-state index in [9.17, 15) is 4.79 Å². The minimum absolute atomic E-state index is 0.0999. The maximum Gasteiger partial charge on any atom is 0.267 e. The molecule has 0 atom stereocenters. The van der Waals surface area contributed by atoms with Crippen molar-refractivity contribution in [1.82, 2.24) is 4.98 Å². The number of halogens is 1. The highest BCUT2D eigenvalue weighted by molar-refractivity contribution is 9.11. The molecule has 1 amide bonds. The van der Waals surface area contributed by atoms with Gasteiger partial charge in [-0.2, -0.15) is 0 Å². The summed E-state index contributed by atoms with van der Waals surface area (Å²) in [6.45, 7) is 4.08. The first kappa shape index (κ1) is 12.7. The van der Waals surface area contributed by atoms with Crippen molar-refractivity contribution < 1.29 is 4.79 Å². The van der Waals surface area contributed by atoms with Gasteiger partial charge in [0.2, 0.25) is 0 Å². The van der Waals surface area contributed by atoms with E-state index in [0.717, 1.165) is 20.8 Å². The number of thiazole rings is 1. The molecule has 2 heterocycles. The fourth-order valence-electron chi connectivity index (χ4n) is 1.40. The van der Waals surface area contributed by atoms with E-state index < -0.39 is 0 Å². The number of anilines is 1.